The number of likely N-dealkylation sites (tertiary alicyclic amines) is 2. The number of piperidine rings is 2. The van der Waals surface area contributed by atoms with Gasteiger partial charge in [0.2, 0.25) is 5.91 Å². The van der Waals surface area contributed by atoms with E-state index in [1.165, 1.54) is 25.9 Å². The van der Waals surface area contributed by atoms with Crippen LogP contribution in [-0.2, 0) is 4.79 Å². The van der Waals surface area contributed by atoms with Crippen molar-refractivity contribution >= 4 is 11.9 Å². The number of guanidine groups is 1. The minimum atomic E-state index is 0.160. The van der Waals surface area contributed by atoms with Gasteiger partial charge in [0, 0.05) is 40.2 Å². The number of carbonyl (C=O) groups excluding carboxylic acids is 1. The van der Waals surface area contributed by atoms with Gasteiger partial charge < -0.3 is 20.4 Å². The summed E-state index contributed by atoms with van der Waals surface area (Å²) in [6.07, 6.45) is 5.35. The summed E-state index contributed by atoms with van der Waals surface area (Å²) in [7, 11) is 5.78. The average Bonchev–Trinajstić information content (AvgIpc) is 2.58. The third-order valence-corrected chi connectivity index (χ3v) is 5.27. The Bertz CT molecular complexity index is 396. The first-order valence-corrected chi connectivity index (χ1v) is 8.97. The van der Waals surface area contributed by atoms with Crippen LogP contribution in [0, 0.1) is 11.8 Å². The van der Waals surface area contributed by atoms with Crippen LogP contribution in [-0.4, -0.2) is 75.5 Å². The molecular weight excluding hydrogens is 290 g/mol. The van der Waals surface area contributed by atoms with Gasteiger partial charge in [-0.05, 0) is 57.7 Å². The predicted molar refractivity (Wildman–Crippen MR) is 94.6 cm³/mol. The lowest BCUT2D eigenvalue weighted by molar-refractivity contribution is -0.121. The van der Waals surface area contributed by atoms with E-state index >= 15 is 0 Å². The van der Waals surface area contributed by atoms with Gasteiger partial charge in [-0.25, -0.2) is 0 Å². The van der Waals surface area contributed by atoms with Gasteiger partial charge in [0.15, 0.2) is 5.96 Å². The zero-order valence-electron chi connectivity index (χ0n) is 15.0. The van der Waals surface area contributed by atoms with Crippen molar-refractivity contribution in [3.63, 3.8) is 0 Å². The van der Waals surface area contributed by atoms with Crippen LogP contribution < -0.4 is 10.6 Å². The van der Waals surface area contributed by atoms with Gasteiger partial charge in [-0.3, -0.25) is 9.79 Å². The highest BCUT2D eigenvalue weighted by atomic mass is 16.1. The first kappa shape index (κ1) is 18.0. The van der Waals surface area contributed by atoms with E-state index < -0.39 is 0 Å². The lowest BCUT2D eigenvalue weighted by Crippen LogP contribution is -2.47. The molecule has 0 aromatic carbocycles. The predicted octanol–water partition coefficient (Wildman–Crippen LogP) is 0.752. The van der Waals surface area contributed by atoms with E-state index in [0.29, 0.717) is 12.3 Å². The Kier molecular flexibility index (Phi) is 7.15. The molecule has 2 aliphatic rings. The lowest BCUT2D eigenvalue weighted by atomic mass is 9.93. The molecule has 2 rings (SSSR count). The van der Waals surface area contributed by atoms with E-state index in [9.17, 15) is 4.79 Å². The van der Waals surface area contributed by atoms with Crippen LogP contribution in [0.4, 0.5) is 0 Å². The zero-order chi connectivity index (χ0) is 16.7. The maximum Gasteiger partial charge on any atom is 0.220 e. The molecule has 2 N–H and O–H groups in total. The van der Waals surface area contributed by atoms with Crippen LogP contribution in [0.25, 0.3) is 0 Å². The number of carbonyl (C=O) groups is 1. The Morgan fingerprint density at radius 2 is 1.70 bits per heavy atom. The van der Waals surface area contributed by atoms with E-state index in [1.54, 1.807) is 7.05 Å². The van der Waals surface area contributed by atoms with E-state index in [1.807, 2.05) is 7.05 Å². The van der Waals surface area contributed by atoms with Crippen molar-refractivity contribution in [1.29, 1.82) is 0 Å². The van der Waals surface area contributed by atoms with Crippen molar-refractivity contribution in [2.75, 3.05) is 53.9 Å². The van der Waals surface area contributed by atoms with Crippen molar-refractivity contribution in [3.8, 4) is 0 Å². The first-order valence-electron chi connectivity index (χ1n) is 8.97. The molecule has 0 atom stereocenters. The second kappa shape index (κ2) is 9.11. The minimum Gasteiger partial charge on any atom is -0.359 e. The van der Waals surface area contributed by atoms with E-state index in [4.69, 9.17) is 0 Å². The molecule has 2 saturated heterocycles. The summed E-state index contributed by atoms with van der Waals surface area (Å²) in [5.41, 5.74) is 0. The normalized spacial score (nSPS) is 22.2. The molecule has 0 spiro atoms. The summed E-state index contributed by atoms with van der Waals surface area (Å²) >= 11 is 0. The number of nitrogens with zero attached hydrogens (tertiary/aromatic N) is 3. The smallest absolute Gasteiger partial charge is 0.220 e. The number of aliphatic imine (C=N–C) groups is 1. The van der Waals surface area contributed by atoms with E-state index in [2.05, 4.69) is 32.5 Å². The van der Waals surface area contributed by atoms with Crippen LogP contribution in [0.2, 0.25) is 0 Å². The van der Waals surface area contributed by atoms with Crippen LogP contribution in [0.1, 0.15) is 32.1 Å². The molecule has 2 aliphatic heterocycles. The van der Waals surface area contributed by atoms with Gasteiger partial charge in [-0.2, -0.15) is 0 Å². The first-order chi connectivity index (χ1) is 11.1. The van der Waals surface area contributed by atoms with Crippen molar-refractivity contribution in [2.45, 2.75) is 32.1 Å². The number of hydrogen-bond acceptors (Lipinski definition) is 3. The summed E-state index contributed by atoms with van der Waals surface area (Å²) in [5.74, 6) is 2.46. The van der Waals surface area contributed by atoms with Gasteiger partial charge in [-0.15, -0.1) is 0 Å². The highest BCUT2D eigenvalue weighted by Crippen LogP contribution is 2.21. The Morgan fingerprint density at radius 3 is 2.26 bits per heavy atom. The fraction of sp³-hybridized carbons (Fsp3) is 0.882. The average molecular weight is 323 g/mol. The van der Waals surface area contributed by atoms with Crippen molar-refractivity contribution in [1.82, 2.24) is 20.4 Å². The van der Waals surface area contributed by atoms with Crippen LogP contribution >= 0.6 is 0 Å². The standard InChI is InChI=1S/C17H33N5O/c1-18-16(23)12-14-6-10-22(11-7-14)17(19-2)20-13-15-4-8-21(3)9-5-15/h14-15H,4-13H2,1-3H3,(H,18,23)(H,19,20). The Labute approximate surface area is 140 Å². The molecule has 2 heterocycles. The van der Waals surface area contributed by atoms with Crippen LogP contribution in [0.3, 0.4) is 0 Å². The molecule has 0 bridgehead atoms. The topological polar surface area (TPSA) is 60.0 Å². The van der Waals surface area contributed by atoms with Crippen LogP contribution in [0.15, 0.2) is 4.99 Å². The summed E-state index contributed by atoms with van der Waals surface area (Å²) in [6.45, 7) is 5.42. The Hall–Kier alpha value is -1.30. The SMILES string of the molecule is CN=C(NCC1CCN(C)CC1)N1CCC(CC(=O)NC)CC1. The fourth-order valence-electron chi connectivity index (χ4n) is 3.55. The molecule has 6 nitrogen and oxygen atoms in total. The highest BCUT2D eigenvalue weighted by molar-refractivity contribution is 5.80. The minimum absolute atomic E-state index is 0.160. The second-order valence-corrected chi connectivity index (χ2v) is 6.98. The monoisotopic (exact) mass is 323 g/mol. The largest absolute Gasteiger partial charge is 0.359 e. The maximum absolute atomic E-state index is 11.5. The third kappa shape index (κ3) is 5.68. The molecule has 2 fully saturated rings. The van der Waals surface area contributed by atoms with Gasteiger partial charge in [-0.1, -0.05) is 0 Å². The number of hydrogen-bond donors (Lipinski definition) is 2. The fourth-order valence-corrected chi connectivity index (χ4v) is 3.55. The number of amides is 1. The molecule has 0 unspecified atom stereocenters. The second-order valence-electron chi connectivity index (χ2n) is 6.98. The van der Waals surface area contributed by atoms with Crippen molar-refractivity contribution < 1.29 is 4.79 Å². The van der Waals surface area contributed by atoms with Crippen molar-refractivity contribution in [2.24, 2.45) is 16.8 Å². The molecule has 1 amide bonds. The van der Waals surface area contributed by atoms with Gasteiger partial charge in [0.1, 0.15) is 0 Å². The molecule has 0 aromatic heterocycles. The molecule has 132 valence electrons. The van der Waals surface area contributed by atoms with E-state index in [0.717, 1.165) is 44.4 Å². The zero-order valence-corrected chi connectivity index (χ0v) is 15.0. The van der Waals surface area contributed by atoms with Crippen LogP contribution in [0.5, 0.6) is 0 Å². The lowest BCUT2D eigenvalue weighted by Gasteiger charge is -2.35. The quantitative estimate of drug-likeness (QED) is 0.592. The number of rotatable bonds is 4. The summed E-state index contributed by atoms with van der Waals surface area (Å²) < 4.78 is 0. The molecule has 0 aliphatic carbocycles. The third-order valence-electron chi connectivity index (χ3n) is 5.27. The van der Waals surface area contributed by atoms with E-state index in [-0.39, 0.29) is 5.91 Å². The maximum atomic E-state index is 11.5. The summed E-state index contributed by atoms with van der Waals surface area (Å²) in [6, 6.07) is 0. The molecule has 23 heavy (non-hydrogen) atoms. The molecular formula is C17H33N5O. The summed E-state index contributed by atoms with van der Waals surface area (Å²) in [4.78, 5) is 20.7. The van der Waals surface area contributed by atoms with Gasteiger partial charge in [0.25, 0.3) is 0 Å². The van der Waals surface area contributed by atoms with Crippen molar-refractivity contribution in [3.05, 3.63) is 0 Å². The molecule has 0 saturated carbocycles. The highest BCUT2D eigenvalue weighted by Gasteiger charge is 2.24. The Morgan fingerprint density at radius 1 is 1.09 bits per heavy atom. The number of nitrogens with one attached hydrogen (secondary N) is 2. The van der Waals surface area contributed by atoms with Gasteiger partial charge >= 0.3 is 0 Å². The molecule has 0 radical (unpaired) electrons. The Balaban J connectivity index is 1.71. The summed E-state index contributed by atoms with van der Waals surface area (Å²) in [5, 5.41) is 6.29. The molecule has 0 aromatic rings. The molecule has 6 heteroatoms. The van der Waals surface area contributed by atoms with Gasteiger partial charge in [0.05, 0.1) is 0 Å².